The number of carbonyl (C=O) groups is 1. The molecule has 36 heavy (non-hydrogen) atoms. The van der Waals surface area contributed by atoms with Crippen LogP contribution < -0.4 is 5.69 Å². The maximum absolute atomic E-state index is 14.3. The Labute approximate surface area is 216 Å². The number of H-pyrrole nitrogens is 1. The lowest BCUT2D eigenvalue weighted by molar-refractivity contribution is -0.155. The Hall–Kier alpha value is -3.36. The summed E-state index contributed by atoms with van der Waals surface area (Å²) in [6.45, 7) is 5.32. The van der Waals surface area contributed by atoms with Crippen LogP contribution in [0.4, 0.5) is 10.1 Å². The molecule has 0 fully saturated rings. The number of nitrogens with zero attached hydrogens (tertiary/aromatic N) is 2. The first-order valence-electron chi connectivity index (χ1n) is 11.2. The van der Waals surface area contributed by atoms with Crippen LogP contribution in [-0.2, 0) is 9.53 Å². The van der Waals surface area contributed by atoms with Crippen LogP contribution in [0.1, 0.15) is 56.5 Å². The number of benzene rings is 2. The smallest absolute Gasteiger partial charge is 0.329 e. The van der Waals surface area contributed by atoms with E-state index in [1.165, 1.54) is 22.9 Å². The Balaban J connectivity index is 1.71. The quantitative estimate of drug-likeness (QED) is 0.365. The number of aromatic hydroxyl groups is 1. The molecule has 1 aromatic heterocycles. The molecule has 2 heterocycles. The van der Waals surface area contributed by atoms with Crippen LogP contribution in [0.15, 0.2) is 46.2 Å². The third kappa shape index (κ3) is 5.39. The van der Waals surface area contributed by atoms with Crippen molar-refractivity contribution in [3.63, 3.8) is 0 Å². The number of aromatic amines is 1. The van der Waals surface area contributed by atoms with E-state index >= 15 is 0 Å². The number of fused-ring (bicyclic) bond motifs is 1. The van der Waals surface area contributed by atoms with Crippen LogP contribution in [0.25, 0.3) is 11.6 Å². The predicted molar refractivity (Wildman–Crippen MR) is 139 cm³/mol. The van der Waals surface area contributed by atoms with E-state index in [2.05, 4.69) is 9.98 Å². The van der Waals surface area contributed by atoms with E-state index in [1.54, 1.807) is 51.1 Å². The summed E-state index contributed by atoms with van der Waals surface area (Å²) in [5, 5.41) is 11.5. The number of imidazole rings is 1. The monoisotopic (exact) mass is 531 g/mol. The van der Waals surface area contributed by atoms with Gasteiger partial charge in [-0.3, -0.25) is 14.4 Å². The molecule has 0 bridgehead atoms. The fourth-order valence-electron chi connectivity index (χ4n) is 4.00. The Morgan fingerprint density at radius 3 is 2.58 bits per heavy atom. The minimum absolute atomic E-state index is 0.0120. The Morgan fingerprint density at radius 1 is 1.22 bits per heavy atom. The molecule has 1 aliphatic heterocycles. The number of rotatable bonds is 6. The average Bonchev–Trinajstić information content (AvgIpc) is 3.32. The van der Waals surface area contributed by atoms with Crippen LogP contribution in [-0.4, -0.2) is 32.4 Å². The van der Waals surface area contributed by atoms with E-state index in [9.17, 15) is 19.1 Å². The highest BCUT2D eigenvalue weighted by Gasteiger charge is 2.26. The third-order valence-electron chi connectivity index (χ3n) is 5.55. The molecule has 2 N–H and O–H groups in total. The largest absolute Gasteiger partial charge is 0.493 e. The van der Waals surface area contributed by atoms with Gasteiger partial charge in [-0.05, 0) is 57.0 Å². The SMILES string of the molecule is CC(C)(C)OC(=O)CCC(c1ccc(Cl)cc1)n1c(O)c(/C=C2\C=Nc3c2ccc(Cl)c3F)[nH]c1=O. The number of esters is 1. The highest BCUT2D eigenvalue weighted by Crippen LogP contribution is 2.38. The van der Waals surface area contributed by atoms with Crippen molar-refractivity contribution in [1.82, 2.24) is 9.55 Å². The van der Waals surface area contributed by atoms with Gasteiger partial charge in [-0.1, -0.05) is 41.4 Å². The van der Waals surface area contributed by atoms with Crippen LogP contribution in [0.3, 0.4) is 0 Å². The maximum atomic E-state index is 14.3. The van der Waals surface area contributed by atoms with Gasteiger partial charge in [-0.15, -0.1) is 0 Å². The molecule has 0 saturated carbocycles. The van der Waals surface area contributed by atoms with Crippen molar-refractivity contribution in [2.45, 2.75) is 45.3 Å². The molecule has 0 spiro atoms. The molecular formula is C26H24Cl2FN3O4. The molecule has 188 valence electrons. The van der Waals surface area contributed by atoms with Crippen molar-refractivity contribution in [1.29, 1.82) is 0 Å². The summed E-state index contributed by atoms with van der Waals surface area (Å²) in [5.41, 5.74) is 0.601. The molecule has 2 aromatic carbocycles. The van der Waals surface area contributed by atoms with Crippen molar-refractivity contribution in [3.05, 3.63) is 79.6 Å². The van der Waals surface area contributed by atoms with E-state index in [-0.39, 0.29) is 35.1 Å². The van der Waals surface area contributed by atoms with Gasteiger partial charge in [0.25, 0.3) is 0 Å². The molecular weight excluding hydrogens is 508 g/mol. The first-order valence-corrected chi connectivity index (χ1v) is 11.9. The number of allylic oxidation sites excluding steroid dienone is 1. The highest BCUT2D eigenvalue weighted by molar-refractivity contribution is 6.32. The number of nitrogens with one attached hydrogen (secondary N) is 1. The van der Waals surface area contributed by atoms with Gasteiger partial charge in [-0.2, -0.15) is 0 Å². The van der Waals surface area contributed by atoms with Gasteiger partial charge in [0.05, 0.1) is 11.1 Å². The molecule has 0 saturated heterocycles. The summed E-state index contributed by atoms with van der Waals surface area (Å²) >= 11 is 11.9. The number of carbonyl (C=O) groups excluding carboxylic acids is 1. The average molecular weight is 532 g/mol. The Bertz CT molecular complexity index is 1430. The fraction of sp³-hybridized carbons (Fsp3) is 0.269. The van der Waals surface area contributed by atoms with E-state index in [0.717, 1.165) is 0 Å². The summed E-state index contributed by atoms with van der Waals surface area (Å²) in [6.07, 6.45) is 3.13. The van der Waals surface area contributed by atoms with Gasteiger partial charge in [0.1, 0.15) is 17.0 Å². The summed E-state index contributed by atoms with van der Waals surface area (Å²) in [7, 11) is 0. The summed E-state index contributed by atoms with van der Waals surface area (Å²) < 4.78 is 20.9. The second-order valence-electron chi connectivity index (χ2n) is 9.35. The zero-order chi connectivity index (χ0) is 26.2. The number of hydrogen-bond acceptors (Lipinski definition) is 5. The molecule has 0 amide bonds. The van der Waals surface area contributed by atoms with Crippen LogP contribution >= 0.6 is 23.2 Å². The summed E-state index contributed by atoms with van der Waals surface area (Å²) in [6, 6.07) is 9.13. The fourth-order valence-corrected chi connectivity index (χ4v) is 4.28. The molecule has 1 aliphatic rings. The van der Waals surface area contributed by atoms with E-state index < -0.39 is 29.1 Å². The molecule has 3 aromatic rings. The minimum Gasteiger partial charge on any atom is -0.493 e. The van der Waals surface area contributed by atoms with Crippen LogP contribution in [0, 0.1) is 5.82 Å². The Morgan fingerprint density at radius 2 is 1.92 bits per heavy atom. The van der Waals surface area contributed by atoms with Crippen molar-refractivity contribution < 1.29 is 19.0 Å². The first-order chi connectivity index (χ1) is 16.9. The van der Waals surface area contributed by atoms with Gasteiger partial charge in [0.15, 0.2) is 5.82 Å². The van der Waals surface area contributed by atoms with Gasteiger partial charge in [0, 0.05) is 28.8 Å². The molecule has 0 aliphatic carbocycles. The number of halogens is 3. The number of ether oxygens (including phenoxy) is 1. The standard InChI is InChI=1S/C26H24Cl2FN3O4/c1-26(2,3)36-21(33)11-10-20(14-4-6-16(27)7-5-14)32-24(34)19(31-25(32)35)12-15-13-30-23-17(15)8-9-18(28)22(23)29/h4-9,12-13,20,34H,10-11H2,1-3H3,(H,31,35)/b15-12+. The third-order valence-corrected chi connectivity index (χ3v) is 6.09. The lowest BCUT2D eigenvalue weighted by Gasteiger charge is -2.22. The van der Waals surface area contributed by atoms with Crippen LogP contribution in [0.2, 0.25) is 10.0 Å². The highest BCUT2D eigenvalue weighted by atomic mass is 35.5. The van der Waals surface area contributed by atoms with E-state index in [4.69, 9.17) is 27.9 Å². The number of hydrogen-bond donors (Lipinski definition) is 2. The summed E-state index contributed by atoms with van der Waals surface area (Å²) in [4.78, 5) is 32.1. The second kappa shape index (κ2) is 9.95. The van der Waals surface area contributed by atoms with Crippen molar-refractivity contribution in [3.8, 4) is 5.88 Å². The van der Waals surface area contributed by atoms with Crippen molar-refractivity contribution in [2.75, 3.05) is 0 Å². The van der Waals surface area contributed by atoms with Crippen LogP contribution in [0.5, 0.6) is 5.88 Å². The maximum Gasteiger partial charge on any atom is 0.329 e. The van der Waals surface area contributed by atoms with Gasteiger partial charge >= 0.3 is 11.7 Å². The zero-order valence-corrected chi connectivity index (χ0v) is 21.3. The van der Waals surface area contributed by atoms with Crippen molar-refractivity contribution >= 4 is 52.7 Å². The molecule has 0 radical (unpaired) electrons. The molecule has 4 rings (SSSR count). The molecule has 7 nitrogen and oxygen atoms in total. The molecule has 1 atom stereocenters. The van der Waals surface area contributed by atoms with Crippen molar-refractivity contribution in [2.24, 2.45) is 4.99 Å². The van der Waals surface area contributed by atoms with E-state index in [1.807, 2.05) is 0 Å². The lowest BCUT2D eigenvalue weighted by Crippen LogP contribution is -2.26. The zero-order valence-electron chi connectivity index (χ0n) is 19.8. The Kier molecular flexibility index (Phi) is 7.11. The number of aromatic nitrogens is 2. The molecule has 10 heteroatoms. The van der Waals surface area contributed by atoms with E-state index in [0.29, 0.717) is 21.7 Å². The predicted octanol–water partition coefficient (Wildman–Crippen LogP) is 6.30. The topological polar surface area (TPSA) is 96.7 Å². The van der Waals surface area contributed by atoms with Gasteiger partial charge in [0.2, 0.25) is 5.88 Å². The van der Waals surface area contributed by atoms with Gasteiger partial charge in [-0.25, -0.2) is 9.18 Å². The number of aliphatic imine (C=N–C) groups is 1. The molecule has 1 unspecified atom stereocenters. The second-order valence-corrected chi connectivity index (χ2v) is 10.2. The van der Waals surface area contributed by atoms with Gasteiger partial charge < -0.3 is 14.8 Å². The first kappa shape index (κ1) is 25.7. The minimum atomic E-state index is -0.688. The summed E-state index contributed by atoms with van der Waals surface area (Å²) in [5.74, 6) is -1.41. The normalized spacial score (nSPS) is 14.8. The lowest BCUT2D eigenvalue weighted by atomic mass is 10.0.